The van der Waals surface area contributed by atoms with E-state index in [0.29, 0.717) is 16.9 Å². The SMILES string of the molecule is O=C(Cn1nnc(-c2cc(C(F)(F)F)cc(C(F)(F)F)c2)n1)c1ccc(F)cc1. The van der Waals surface area contributed by atoms with Gasteiger partial charge in [-0.3, -0.25) is 4.79 Å². The first-order valence-electron chi connectivity index (χ1n) is 7.80. The van der Waals surface area contributed by atoms with Crippen molar-refractivity contribution in [1.82, 2.24) is 20.2 Å². The van der Waals surface area contributed by atoms with E-state index in [0.717, 1.165) is 12.1 Å². The molecule has 152 valence electrons. The smallest absolute Gasteiger partial charge is 0.292 e. The summed E-state index contributed by atoms with van der Waals surface area (Å²) in [4.78, 5) is 12.8. The molecule has 1 heterocycles. The molecule has 0 aliphatic carbocycles. The molecule has 0 radical (unpaired) electrons. The Balaban J connectivity index is 1.91. The van der Waals surface area contributed by atoms with Gasteiger partial charge in [-0.2, -0.15) is 31.1 Å². The predicted molar refractivity (Wildman–Crippen MR) is 84.0 cm³/mol. The van der Waals surface area contributed by atoms with Crippen LogP contribution in [0, 0.1) is 5.82 Å². The monoisotopic (exact) mass is 418 g/mol. The van der Waals surface area contributed by atoms with Crippen molar-refractivity contribution in [2.24, 2.45) is 0 Å². The third-order valence-corrected chi connectivity index (χ3v) is 3.75. The number of halogens is 7. The summed E-state index contributed by atoms with van der Waals surface area (Å²) in [5, 5.41) is 10.6. The maximum Gasteiger partial charge on any atom is 0.416 e. The molecule has 1 aromatic heterocycles. The topological polar surface area (TPSA) is 60.7 Å². The van der Waals surface area contributed by atoms with E-state index >= 15 is 0 Å². The summed E-state index contributed by atoms with van der Waals surface area (Å²) < 4.78 is 90.6. The van der Waals surface area contributed by atoms with Gasteiger partial charge in [-0.25, -0.2) is 4.39 Å². The lowest BCUT2D eigenvalue weighted by Crippen LogP contribution is -2.13. The van der Waals surface area contributed by atoms with Gasteiger partial charge in [-0.15, -0.1) is 10.2 Å². The van der Waals surface area contributed by atoms with Gasteiger partial charge < -0.3 is 0 Å². The number of nitrogens with zero attached hydrogens (tertiary/aromatic N) is 4. The second-order valence-corrected chi connectivity index (χ2v) is 5.87. The van der Waals surface area contributed by atoms with Crippen LogP contribution >= 0.6 is 0 Å². The molecule has 0 spiro atoms. The molecule has 0 aliphatic rings. The van der Waals surface area contributed by atoms with Gasteiger partial charge in [0.15, 0.2) is 5.78 Å². The average molecular weight is 418 g/mol. The zero-order valence-corrected chi connectivity index (χ0v) is 14.1. The van der Waals surface area contributed by atoms with Gasteiger partial charge in [0.25, 0.3) is 0 Å². The Hall–Kier alpha value is -3.31. The zero-order chi connectivity index (χ0) is 21.4. The summed E-state index contributed by atoms with van der Waals surface area (Å²) in [7, 11) is 0. The van der Waals surface area contributed by atoms with E-state index in [4.69, 9.17) is 0 Å². The highest BCUT2D eigenvalue weighted by atomic mass is 19.4. The highest BCUT2D eigenvalue weighted by molar-refractivity contribution is 5.95. The van der Waals surface area contributed by atoms with Crippen molar-refractivity contribution in [3.8, 4) is 11.4 Å². The number of tetrazole rings is 1. The third-order valence-electron chi connectivity index (χ3n) is 3.75. The predicted octanol–water partition coefficient (Wildman–Crippen LogP) is 4.40. The number of aromatic nitrogens is 4. The lowest BCUT2D eigenvalue weighted by Gasteiger charge is -2.12. The molecule has 0 fully saturated rings. The number of ketones is 1. The number of benzene rings is 2. The van der Waals surface area contributed by atoms with Crippen LogP contribution in [0.25, 0.3) is 11.4 Å². The molecule has 3 rings (SSSR count). The Kier molecular flexibility index (Phi) is 5.11. The Labute approximate surface area is 157 Å². The van der Waals surface area contributed by atoms with E-state index in [2.05, 4.69) is 15.4 Å². The number of alkyl halides is 6. The van der Waals surface area contributed by atoms with Crippen LogP contribution in [0.4, 0.5) is 30.7 Å². The fourth-order valence-corrected chi connectivity index (χ4v) is 2.37. The lowest BCUT2D eigenvalue weighted by atomic mass is 10.0. The highest BCUT2D eigenvalue weighted by Gasteiger charge is 2.37. The summed E-state index contributed by atoms with van der Waals surface area (Å²) >= 11 is 0. The molecule has 29 heavy (non-hydrogen) atoms. The molecule has 0 N–H and O–H groups in total. The first kappa shape index (κ1) is 20.4. The summed E-state index contributed by atoms with van der Waals surface area (Å²) in [6, 6.07) is 5.40. The largest absolute Gasteiger partial charge is 0.416 e. The van der Waals surface area contributed by atoms with E-state index in [9.17, 15) is 35.5 Å². The van der Waals surface area contributed by atoms with E-state index in [1.165, 1.54) is 12.1 Å². The Morgan fingerprint density at radius 1 is 0.897 bits per heavy atom. The number of Topliss-reactive ketones (excluding diaryl/α,β-unsaturated/α-hetero) is 1. The average Bonchev–Trinajstić information content (AvgIpc) is 3.09. The van der Waals surface area contributed by atoms with E-state index in [1.54, 1.807) is 0 Å². The van der Waals surface area contributed by atoms with Crippen molar-refractivity contribution < 1.29 is 35.5 Å². The van der Waals surface area contributed by atoms with Crippen molar-refractivity contribution in [3.05, 3.63) is 65.0 Å². The summed E-state index contributed by atoms with van der Waals surface area (Å²) in [6.45, 7) is -0.496. The number of hydrogen-bond donors (Lipinski definition) is 0. The molecule has 12 heteroatoms. The van der Waals surface area contributed by atoms with Crippen molar-refractivity contribution in [1.29, 1.82) is 0 Å². The maximum atomic E-state index is 12.9. The number of carbonyl (C=O) groups excluding carboxylic acids is 1. The van der Waals surface area contributed by atoms with Gasteiger partial charge in [0.1, 0.15) is 12.4 Å². The minimum absolute atomic E-state index is 0.0218. The van der Waals surface area contributed by atoms with Gasteiger partial charge in [0.05, 0.1) is 11.1 Å². The molecule has 0 amide bonds. The van der Waals surface area contributed by atoms with Crippen LogP contribution in [-0.4, -0.2) is 26.0 Å². The number of hydrogen-bond acceptors (Lipinski definition) is 4. The van der Waals surface area contributed by atoms with Gasteiger partial charge in [0, 0.05) is 11.1 Å². The van der Waals surface area contributed by atoms with Crippen LogP contribution in [0.1, 0.15) is 21.5 Å². The molecular weight excluding hydrogens is 409 g/mol. The Morgan fingerprint density at radius 3 is 1.97 bits per heavy atom. The van der Waals surface area contributed by atoms with E-state index < -0.39 is 53.0 Å². The van der Waals surface area contributed by atoms with Crippen molar-refractivity contribution >= 4 is 5.78 Å². The first-order valence-corrected chi connectivity index (χ1v) is 7.80. The highest BCUT2D eigenvalue weighted by Crippen LogP contribution is 2.37. The molecule has 2 aromatic carbocycles. The third kappa shape index (κ3) is 4.76. The van der Waals surface area contributed by atoms with E-state index in [-0.39, 0.29) is 11.6 Å². The van der Waals surface area contributed by atoms with Gasteiger partial charge in [-0.1, -0.05) is 0 Å². The fraction of sp³-hybridized carbons (Fsp3) is 0.176. The maximum absolute atomic E-state index is 12.9. The van der Waals surface area contributed by atoms with Crippen molar-refractivity contribution in [3.63, 3.8) is 0 Å². The molecule has 0 saturated heterocycles. The molecule has 5 nitrogen and oxygen atoms in total. The van der Waals surface area contributed by atoms with Crippen LogP contribution in [-0.2, 0) is 18.9 Å². The lowest BCUT2D eigenvalue weighted by molar-refractivity contribution is -0.143. The van der Waals surface area contributed by atoms with Crippen LogP contribution < -0.4 is 0 Å². The zero-order valence-electron chi connectivity index (χ0n) is 14.1. The molecule has 0 saturated carbocycles. The molecule has 0 bridgehead atoms. The molecule has 0 aliphatic heterocycles. The van der Waals surface area contributed by atoms with Crippen LogP contribution in [0.2, 0.25) is 0 Å². The quantitative estimate of drug-likeness (QED) is 0.466. The fourth-order valence-electron chi connectivity index (χ4n) is 2.37. The first-order chi connectivity index (χ1) is 13.4. The van der Waals surface area contributed by atoms with Gasteiger partial charge in [-0.05, 0) is 47.7 Å². The van der Waals surface area contributed by atoms with Crippen LogP contribution in [0.5, 0.6) is 0 Å². The van der Waals surface area contributed by atoms with Crippen LogP contribution in [0.15, 0.2) is 42.5 Å². The molecule has 0 unspecified atom stereocenters. The minimum Gasteiger partial charge on any atom is -0.292 e. The summed E-state index contributed by atoms with van der Waals surface area (Å²) in [6.07, 6.45) is -10.0. The number of carbonyl (C=O) groups is 1. The molecule has 3 aromatic rings. The normalized spacial score (nSPS) is 12.2. The minimum atomic E-state index is -5.02. The molecular formula is C17H9F7N4O. The Morgan fingerprint density at radius 2 is 1.45 bits per heavy atom. The second-order valence-electron chi connectivity index (χ2n) is 5.87. The summed E-state index contributed by atoms with van der Waals surface area (Å²) in [5.41, 5.74) is -3.50. The molecule has 0 atom stereocenters. The van der Waals surface area contributed by atoms with E-state index in [1.807, 2.05) is 0 Å². The number of rotatable bonds is 4. The second kappa shape index (κ2) is 7.26. The Bertz CT molecular complexity index is 1010. The van der Waals surface area contributed by atoms with Gasteiger partial charge >= 0.3 is 12.4 Å². The van der Waals surface area contributed by atoms with Crippen molar-refractivity contribution in [2.45, 2.75) is 18.9 Å². The van der Waals surface area contributed by atoms with Crippen LogP contribution in [0.3, 0.4) is 0 Å². The standard InChI is InChI=1S/C17H9F7N4O/c18-13-3-1-9(2-4-13)14(29)8-28-26-15(25-27-28)10-5-11(16(19,20)21)7-12(6-10)17(22,23)24/h1-7H,8H2. The van der Waals surface area contributed by atoms with Crippen molar-refractivity contribution in [2.75, 3.05) is 0 Å². The van der Waals surface area contributed by atoms with Gasteiger partial charge in [0.2, 0.25) is 5.82 Å². The summed E-state index contributed by atoms with van der Waals surface area (Å²) in [5.74, 6) is -1.64.